The van der Waals surface area contributed by atoms with Crippen molar-refractivity contribution < 1.29 is 19.0 Å². The summed E-state index contributed by atoms with van der Waals surface area (Å²) in [5.74, 6) is 1.29. The van der Waals surface area contributed by atoms with Crippen LogP contribution in [0.3, 0.4) is 0 Å². The van der Waals surface area contributed by atoms with Crippen LogP contribution in [0.4, 0.5) is 5.69 Å². The van der Waals surface area contributed by atoms with Gasteiger partial charge >= 0.3 is 0 Å². The first-order valence-electron chi connectivity index (χ1n) is 8.49. The fraction of sp³-hybridized carbons (Fsp3) is 0.350. The fourth-order valence-corrected chi connectivity index (χ4v) is 2.15. The zero-order chi connectivity index (χ0) is 17.9. The summed E-state index contributed by atoms with van der Waals surface area (Å²) >= 11 is 0. The summed E-state index contributed by atoms with van der Waals surface area (Å²) < 4.78 is 16.1. The molecule has 2 rings (SSSR count). The van der Waals surface area contributed by atoms with E-state index < -0.39 is 0 Å². The molecule has 2 aromatic rings. The Labute approximate surface area is 148 Å². The minimum absolute atomic E-state index is 0.172. The molecule has 0 heterocycles. The molecule has 1 N–H and O–H groups in total. The standard InChI is InChI=1S/C20H25NO4/c1-3-4-12-24-18-10-8-16(9-11-18)20(22)21-17-6-5-7-19(15-17)25-14-13-23-2/h5-11,15H,3-4,12-14H2,1-2H3,(H,21,22). The average molecular weight is 343 g/mol. The van der Waals surface area contributed by atoms with Crippen LogP contribution in [-0.2, 0) is 4.74 Å². The number of unbranched alkanes of at least 4 members (excludes halogenated alkanes) is 1. The Morgan fingerprint density at radius 3 is 2.44 bits per heavy atom. The molecule has 0 aliphatic rings. The van der Waals surface area contributed by atoms with Gasteiger partial charge in [0.15, 0.2) is 0 Å². The monoisotopic (exact) mass is 343 g/mol. The molecule has 0 fully saturated rings. The predicted molar refractivity (Wildman–Crippen MR) is 98.6 cm³/mol. The number of methoxy groups -OCH3 is 1. The molecule has 134 valence electrons. The van der Waals surface area contributed by atoms with Crippen LogP contribution in [0.1, 0.15) is 30.1 Å². The topological polar surface area (TPSA) is 56.8 Å². The van der Waals surface area contributed by atoms with Crippen molar-refractivity contribution in [3.05, 3.63) is 54.1 Å². The number of anilines is 1. The highest BCUT2D eigenvalue weighted by Crippen LogP contribution is 2.19. The molecule has 0 atom stereocenters. The van der Waals surface area contributed by atoms with Crippen LogP contribution in [0.25, 0.3) is 0 Å². The van der Waals surface area contributed by atoms with Crippen LogP contribution >= 0.6 is 0 Å². The number of carbonyl (C=O) groups excluding carboxylic acids is 1. The molecule has 0 saturated heterocycles. The summed E-state index contributed by atoms with van der Waals surface area (Å²) in [5.41, 5.74) is 1.26. The van der Waals surface area contributed by atoms with Crippen molar-refractivity contribution in [3.8, 4) is 11.5 Å². The molecular weight excluding hydrogens is 318 g/mol. The highest BCUT2D eigenvalue weighted by molar-refractivity contribution is 6.04. The number of nitrogens with one attached hydrogen (secondary N) is 1. The number of amides is 1. The van der Waals surface area contributed by atoms with Crippen LogP contribution in [0.5, 0.6) is 11.5 Å². The van der Waals surface area contributed by atoms with Gasteiger partial charge < -0.3 is 19.5 Å². The zero-order valence-corrected chi connectivity index (χ0v) is 14.8. The van der Waals surface area contributed by atoms with Gasteiger partial charge in [-0.05, 0) is 42.8 Å². The second-order valence-corrected chi connectivity index (χ2v) is 5.55. The Morgan fingerprint density at radius 2 is 1.72 bits per heavy atom. The average Bonchev–Trinajstić information content (AvgIpc) is 2.63. The van der Waals surface area contributed by atoms with Gasteiger partial charge in [0.05, 0.1) is 13.2 Å². The minimum Gasteiger partial charge on any atom is -0.494 e. The maximum absolute atomic E-state index is 12.3. The van der Waals surface area contributed by atoms with E-state index >= 15 is 0 Å². The normalized spacial score (nSPS) is 10.3. The first-order chi connectivity index (χ1) is 12.2. The van der Waals surface area contributed by atoms with Gasteiger partial charge in [0, 0.05) is 24.4 Å². The molecule has 0 aliphatic carbocycles. The summed E-state index contributed by atoms with van der Waals surface area (Å²) in [4.78, 5) is 12.3. The van der Waals surface area contributed by atoms with E-state index in [0.717, 1.165) is 18.6 Å². The maximum atomic E-state index is 12.3. The Kier molecular flexibility index (Phi) is 7.79. The minimum atomic E-state index is -0.172. The SMILES string of the molecule is CCCCOc1ccc(C(=O)Nc2cccc(OCCOC)c2)cc1. The molecule has 0 aliphatic heterocycles. The molecule has 5 nitrogen and oxygen atoms in total. The van der Waals surface area contributed by atoms with Crippen molar-refractivity contribution >= 4 is 11.6 Å². The first kappa shape index (κ1) is 18.8. The van der Waals surface area contributed by atoms with Crippen molar-refractivity contribution in [1.82, 2.24) is 0 Å². The quantitative estimate of drug-likeness (QED) is 0.659. The smallest absolute Gasteiger partial charge is 0.255 e. The van der Waals surface area contributed by atoms with Crippen LogP contribution in [0.15, 0.2) is 48.5 Å². The molecule has 0 aromatic heterocycles. The summed E-state index contributed by atoms with van der Waals surface area (Å²) in [6, 6.07) is 14.4. The number of rotatable bonds is 10. The van der Waals surface area contributed by atoms with Crippen LogP contribution < -0.4 is 14.8 Å². The molecular formula is C20H25NO4. The molecule has 5 heteroatoms. The Hall–Kier alpha value is -2.53. The lowest BCUT2D eigenvalue weighted by molar-refractivity contribution is 0.102. The van der Waals surface area contributed by atoms with E-state index in [9.17, 15) is 4.79 Å². The van der Waals surface area contributed by atoms with Crippen LogP contribution in [0, 0.1) is 0 Å². The summed E-state index contributed by atoms with van der Waals surface area (Å²) in [5, 5.41) is 2.87. The predicted octanol–water partition coefficient (Wildman–Crippen LogP) is 4.14. The zero-order valence-electron chi connectivity index (χ0n) is 14.8. The van der Waals surface area contributed by atoms with Gasteiger partial charge in [-0.2, -0.15) is 0 Å². The summed E-state index contributed by atoms with van der Waals surface area (Å²) in [7, 11) is 1.63. The van der Waals surface area contributed by atoms with E-state index in [-0.39, 0.29) is 5.91 Å². The van der Waals surface area contributed by atoms with Gasteiger partial charge in [0.2, 0.25) is 0 Å². The number of hydrogen-bond acceptors (Lipinski definition) is 4. The summed E-state index contributed by atoms with van der Waals surface area (Å²) in [6.45, 7) is 3.79. The third-order valence-electron chi connectivity index (χ3n) is 3.53. The molecule has 0 unspecified atom stereocenters. The third-order valence-corrected chi connectivity index (χ3v) is 3.53. The molecule has 0 saturated carbocycles. The van der Waals surface area contributed by atoms with Crippen molar-refractivity contribution in [1.29, 1.82) is 0 Å². The maximum Gasteiger partial charge on any atom is 0.255 e. The van der Waals surface area contributed by atoms with Gasteiger partial charge in [-0.3, -0.25) is 4.79 Å². The Balaban J connectivity index is 1.91. The molecule has 2 aromatic carbocycles. The molecule has 1 amide bonds. The Morgan fingerprint density at radius 1 is 0.960 bits per heavy atom. The molecule has 0 bridgehead atoms. The molecule has 0 radical (unpaired) electrons. The lowest BCUT2D eigenvalue weighted by Crippen LogP contribution is -2.12. The van der Waals surface area contributed by atoms with E-state index in [1.807, 2.05) is 30.3 Å². The van der Waals surface area contributed by atoms with Gasteiger partial charge in [0.25, 0.3) is 5.91 Å². The van der Waals surface area contributed by atoms with E-state index in [2.05, 4.69) is 12.2 Å². The van der Waals surface area contributed by atoms with E-state index in [1.165, 1.54) is 0 Å². The van der Waals surface area contributed by atoms with E-state index in [0.29, 0.717) is 36.8 Å². The molecule has 25 heavy (non-hydrogen) atoms. The van der Waals surface area contributed by atoms with Gasteiger partial charge in [-0.25, -0.2) is 0 Å². The molecule has 0 spiro atoms. The number of benzene rings is 2. The van der Waals surface area contributed by atoms with Crippen LogP contribution in [0.2, 0.25) is 0 Å². The van der Waals surface area contributed by atoms with Crippen LogP contribution in [-0.4, -0.2) is 32.8 Å². The van der Waals surface area contributed by atoms with Gasteiger partial charge in [-0.15, -0.1) is 0 Å². The lowest BCUT2D eigenvalue weighted by atomic mass is 10.2. The second-order valence-electron chi connectivity index (χ2n) is 5.55. The second kappa shape index (κ2) is 10.4. The van der Waals surface area contributed by atoms with Crippen molar-refractivity contribution in [3.63, 3.8) is 0 Å². The van der Waals surface area contributed by atoms with E-state index in [1.54, 1.807) is 25.3 Å². The summed E-state index contributed by atoms with van der Waals surface area (Å²) in [6.07, 6.45) is 2.11. The number of ether oxygens (including phenoxy) is 3. The van der Waals surface area contributed by atoms with Crippen molar-refractivity contribution in [2.24, 2.45) is 0 Å². The van der Waals surface area contributed by atoms with Gasteiger partial charge in [-0.1, -0.05) is 19.4 Å². The van der Waals surface area contributed by atoms with Crippen molar-refractivity contribution in [2.45, 2.75) is 19.8 Å². The third kappa shape index (κ3) is 6.47. The fourth-order valence-electron chi connectivity index (χ4n) is 2.15. The number of carbonyl (C=O) groups is 1. The van der Waals surface area contributed by atoms with E-state index in [4.69, 9.17) is 14.2 Å². The highest BCUT2D eigenvalue weighted by atomic mass is 16.5. The Bertz CT molecular complexity index is 655. The largest absolute Gasteiger partial charge is 0.494 e. The number of hydrogen-bond donors (Lipinski definition) is 1. The first-order valence-corrected chi connectivity index (χ1v) is 8.49. The highest BCUT2D eigenvalue weighted by Gasteiger charge is 2.07. The van der Waals surface area contributed by atoms with Gasteiger partial charge in [0.1, 0.15) is 18.1 Å². The lowest BCUT2D eigenvalue weighted by Gasteiger charge is -2.10. The van der Waals surface area contributed by atoms with Crippen molar-refractivity contribution in [2.75, 3.05) is 32.2 Å².